The largest absolute Gasteiger partial charge is 0.496 e. The van der Waals surface area contributed by atoms with Crippen molar-refractivity contribution in [3.8, 4) is 5.75 Å². The monoisotopic (exact) mass is 534 g/mol. The summed E-state index contributed by atoms with van der Waals surface area (Å²) in [7, 11) is 1.61. The molecular formula is C28H37F3N4O3. The molecular weight excluding hydrogens is 497 g/mol. The Bertz CT molecular complexity index is 1170. The highest BCUT2D eigenvalue weighted by atomic mass is 19.4. The van der Waals surface area contributed by atoms with Crippen LogP contribution in [-0.2, 0) is 28.7 Å². The van der Waals surface area contributed by atoms with E-state index in [4.69, 9.17) is 9.47 Å². The zero-order valence-electron chi connectivity index (χ0n) is 22.6. The number of carbonyl (C=O) groups excluding carboxylic acids is 1. The molecule has 5 rings (SSSR count). The van der Waals surface area contributed by atoms with Crippen molar-refractivity contribution in [2.75, 3.05) is 40.0 Å². The van der Waals surface area contributed by atoms with Gasteiger partial charge in [0.05, 0.1) is 32.1 Å². The van der Waals surface area contributed by atoms with E-state index in [-0.39, 0.29) is 35.4 Å². The number of carbonyl (C=O) groups is 1. The van der Waals surface area contributed by atoms with Crippen molar-refractivity contribution in [2.45, 2.75) is 70.8 Å². The molecule has 2 aromatic rings. The van der Waals surface area contributed by atoms with Crippen molar-refractivity contribution in [3.63, 3.8) is 0 Å². The van der Waals surface area contributed by atoms with E-state index in [0.29, 0.717) is 31.9 Å². The van der Waals surface area contributed by atoms with E-state index in [1.807, 2.05) is 39.0 Å². The second-order valence-electron chi connectivity index (χ2n) is 10.7. The molecule has 2 fully saturated rings. The lowest BCUT2D eigenvalue weighted by molar-refractivity contribution is -0.146. The number of alkyl halides is 3. The Kier molecular flexibility index (Phi) is 7.48. The Balaban J connectivity index is 1.49. The summed E-state index contributed by atoms with van der Waals surface area (Å²) in [5, 5.41) is 4.40. The number of ether oxygens (including phenoxy) is 2. The molecule has 0 radical (unpaired) electrons. The van der Waals surface area contributed by atoms with Gasteiger partial charge in [-0.05, 0) is 42.9 Å². The predicted octanol–water partition coefficient (Wildman–Crippen LogP) is 4.58. The second kappa shape index (κ2) is 10.5. The molecule has 0 saturated carbocycles. The number of aromatic nitrogens is 2. The van der Waals surface area contributed by atoms with Crippen molar-refractivity contribution >= 4 is 5.91 Å². The van der Waals surface area contributed by atoms with E-state index in [2.05, 4.69) is 10.00 Å². The van der Waals surface area contributed by atoms with Crippen LogP contribution in [0.15, 0.2) is 18.2 Å². The van der Waals surface area contributed by atoms with Gasteiger partial charge in [-0.3, -0.25) is 14.4 Å². The fourth-order valence-electron chi connectivity index (χ4n) is 6.79. The van der Waals surface area contributed by atoms with E-state index in [1.54, 1.807) is 12.0 Å². The molecule has 1 aromatic carbocycles. The highest BCUT2D eigenvalue weighted by Crippen LogP contribution is 2.45. The third-order valence-corrected chi connectivity index (χ3v) is 8.83. The van der Waals surface area contributed by atoms with Gasteiger partial charge in [0.15, 0.2) is 0 Å². The minimum atomic E-state index is -4.58. The van der Waals surface area contributed by atoms with Crippen molar-refractivity contribution < 1.29 is 27.4 Å². The topological polar surface area (TPSA) is 59.8 Å². The fraction of sp³-hybridized carbons (Fsp3) is 0.643. The van der Waals surface area contributed by atoms with Crippen LogP contribution in [0, 0.1) is 12.8 Å². The average molecular weight is 535 g/mol. The Morgan fingerprint density at radius 1 is 1.21 bits per heavy atom. The highest BCUT2D eigenvalue weighted by Gasteiger charge is 2.46. The summed E-state index contributed by atoms with van der Waals surface area (Å²) in [5.41, 5.74) is 1.89. The molecule has 7 nitrogen and oxygen atoms in total. The number of likely N-dealkylation sites (tertiary alicyclic amines) is 1. The molecule has 1 aliphatic carbocycles. The highest BCUT2D eigenvalue weighted by molar-refractivity contribution is 5.77. The number of nitrogens with zero attached hydrogens (tertiary/aromatic N) is 4. The van der Waals surface area contributed by atoms with Crippen LogP contribution in [0.5, 0.6) is 5.75 Å². The van der Waals surface area contributed by atoms with Crippen LogP contribution in [0.2, 0.25) is 0 Å². The van der Waals surface area contributed by atoms with E-state index in [1.165, 1.54) is 0 Å². The lowest BCUT2D eigenvalue weighted by Crippen LogP contribution is -2.47. The van der Waals surface area contributed by atoms with E-state index in [9.17, 15) is 18.0 Å². The number of morpholine rings is 1. The van der Waals surface area contributed by atoms with Crippen LogP contribution in [0.4, 0.5) is 13.2 Å². The number of methoxy groups -OCH3 is 1. The van der Waals surface area contributed by atoms with Gasteiger partial charge in [0, 0.05) is 37.2 Å². The normalized spacial score (nSPS) is 26.1. The molecule has 0 bridgehead atoms. The Morgan fingerprint density at radius 2 is 1.95 bits per heavy atom. The smallest absolute Gasteiger partial charge is 0.433 e. The van der Waals surface area contributed by atoms with Crippen LogP contribution < -0.4 is 4.74 Å². The third-order valence-electron chi connectivity index (χ3n) is 8.83. The number of halogens is 3. The Morgan fingerprint density at radius 3 is 2.61 bits per heavy atom. The zero-order valence-corrected chi connectivity index (χ0v) is 22.6. The van der Waals surface area contributed by atoms with Crippen LogP contribution in [0.3, 0.4) is 0 Å². The molecule has 2 aliphatic heterocycles. The van der Waals surface area contributed by atoms with E-state index in [0.717, 1.165) is 47.5 Å². The van der Waals surface area contributed by atoms with Crippen molar-refractivity contribution in [2.24, 2.45) is 5.92 Å². The van der Waals surface area contributed by atoms with E-state index >= 15 is 0 Å². The van der Waals surface area contributed by atoms with Crippen LogP contribution in [-0.4, -0.2) is 71.5 Å². The maximum atomic E-state index is 14.3. The van der Waals surface area contributed by atoms with Gasteiger partial charge in [-0.1, -0.05) is 32.4 Å². The van der Waals surface area contributed by atoms with Gasteiger partial charge in [-0.15, -0.1) is 0 Å². The number of fused-ring (bicyclic) bond motifs is 1. The molecule has 38 heavy (non-hydrogen) atoms. The van der Waals surface area contributed by atoms with Gasteiger partial charge >= 0.3 is 6.18 Å². The minimum absolute atomic E-state index is 0.0451. The zero-order chi connectivity index (χ0) is 27.2. The molecule has 0 unspecified atom stereocenters. The van der Waals surface area contributed by atoms with E-state index < -0.39 is 18.4 Å². The first kappa shape index (κ1) is 27.0. The molecule has 0 N–H and O–H groups in total. The van der Waals surface area contributed by atoms with Crippen LogP contribution in [0.25, 0.3) is 0 Å². The van der Waals surface area contributed by atoms with Gasteiger partial charge < -0.3 is 14.4 Å². The lowest BCUT2D eigenvalue weighted by Gasteiger charge is -2.38. The standard InChI is InChI=1S/C28H37F3N4O3/c1-5-19-15-21-25(17(19)2)32-35(27(21)28(29,30)31)16-24(36)34-10-9-22(33-11-13-38-14-12-33)26(34)20-7-6-8-23(37-4)18(20)3/h6-8,17,19,22,26H,5,9-16H2,1-4H3/t17-,19-,22+,26+/m0/s1. The number of hydrogen-bond acceptors (Lipinski definition) is 5. The number of amides is 1. The maximum Gasteiger partial charge on any atom is 0.433 e. The summed E-state index contributed by atoms with van der Waals surface area (Å²) < 4.78 is 54.9. The maximum absolute atomic E-state index is 14.3. The molecule has 4 atom stereocenters. The summed E-state index contributed by atoms with van der Waals surface area (Å²) in [6, 6.07) is 5.54. The van der Waals surface area contributed by atoms with Crippen molar-refractivity contribution in [1.29, 1.82) is 0 Å². The van der Waals surface area contributed by atoms with Gasteiger partial charge in [0.2, 0.25) is 5.91 Å². The first-order chi connectivity index (χ1) is 18.2. The Labute approximate surface area is 221 Å². The molecule has 1 amide bonds. The molecule has 2 saturated heterocycles. The molecule has 3 heterocycles. The molecule has 208 valence electrons. The first-order valence-electron chi connectivity index (χ1n) is 13.6. The summed E-state index contributed by atoms with van der Waals surface area (Å²) in [5.74, 6) is 0.466. The summed E-state index contributed by atoms with van der Waals surface area (Å²) in [4.78, 5) is 17.9. The number of rotatable bonds is 6. The predicted molar refractivity (Wildman–Crippen MR) is 136 cm³/mol. The summed E-state index contributed by atoms with van der Waals surface area (Å²) in [6.45, 7) is 8.71. The van der Waals surface area contributed by atoms with Gasteiger partial charge in [-0.25, -0.2) is 0 Å². The fourth-order valence-corrected chi connectivity index (χ4v) is 6.79. The molecule has 3 aliphatic rings. The van der Waals surface area contributed by atoms with Crippen molar-refractivity contribution in [3.05, 3.63) is 46.3 Å². The average Bonchev–Trinajstić information content (AvgIpc) is 3.57. The van der Waals surface area contributed by atoms with Crippen LogP contribution in [0.1, 0.15) is 66.7 Å². The van der Waals surface area contributed by atoms with Gasteiger partial charge in [-0.2, -0.15) is 18.3 Å². The second-order valence-corrected chi connectivity index (χ2v) is 10.7. The van der Waals surface area contributed by atoms with Crippen LogP contribution >= 0.6 is 0 Å². The number of hydrogen-bond donors (Lipinski definition) is 0. The quantitative estimate of drug-likeness (QED) is 0.543. The summed E-state index contributed by atoms with van der Waals surface area (Å²) >= 11 is 0. The molecule has 10 heteroatoms. The van der Waals surface area contributed by atoms with Gasteiger partial charge in [0.1, 0.15) is 18.0 Å². The van der Waals surface area contributed by atoms with Crippen molar-refractivity contribution in [1.82, 2.24) is 19.6 Å². The SMILES string of the molecule is CC[C@H]1Cc2c(nn(CC(=O)N3CC[C@@H](N4CCOCC4)[C@H]3c3cccc(OC)c3C)c2C(F)(F)F)[C@H]1C. The lowest BCUT2D eigenvalue weighted by atomic mass is 9.94. The molecule has 1 aromatic heterocycles. The third kappa shape index (κ3) is 4.70. The minimum Gasteiger partial charge on any atom is -0.496 e. The molecule has 0 spiro atoms. The first-order valence-corrected chi connectivity index (χ1v) is 13.6. The number of benzene rings is 1. The Hall–Kier alpha value is -2.59. The summed E-state index contributed by atoms with van der Waals surface area (Å²) in [6.07, 6.45) is -2.69. The van der Waals surface area contributed by atoms with Gasteiger partial charge in [0.25, 0.3) is 0 Å².